The van der Waals surface area contributed by atoms with Gasteiger partial charge >= 0.3 is 0 Å². The van der Waals surface area contributed by atoms with E-state index in [0.29, 0.717) is 0 Å². The molecular weight excluding hydrogens is 170 g/mol. The Morgan fingerprint density at radius 1 is 1.23 bits per heavy atom. The minimum Gasteiger partial charge on any atom is -0.507 e. The number of phenolic OH excluding ortho intramolecular Hbond substituents is 2. The quantitative estimate of drug-likeness (QED) is 0.595. The molecule has 0 atom stereocenters. The molecule has 0 spiro atoms. The second-order valence-electron chi connectivity index (χ2n) is 2.47. The molecule has 0 aliphatic heterocycles. The van der Waals surface area contributed by atoms with E-state index in [4.69, 9.17) is 5.11 Å². The zero-order valence-electron chi connectivity index (χ0n) is 7.01. The first-order chi connectivity index (χ1) is 6.25. The van der Waals surface area contributed by atoms with Gasteiger partial charge in [-0.2, -0.15) is 0 Å². The van der Waals surface area contributed by atoms with Gasteiger partial charge in [0.1, 0.15) is 11.5 Å². The highest BCUT2D eigenvalue weighted by atomic mass is 16.3. The van der Waals surface area contributed by atoms with Crippen LogP contribution in [0.2, 0.25) is 0 Å². The molecule has 0 saturated carbocycles. The summed E-state index contributed by atoms with van der Waals surface area (Å²) in [6, 6.07) is 4.45. The second kappa shape index (κ2) is 4.47. The van der Waals surface area contributed by atoms with Gasteiger partial charge in [-0.15, -0.1) is 0 Å². The van der Waals surface area contributed by atoms with Gasteiger partial charge in [-0.1, -0.05) is 6.07 Å². The van der Waals surface area contributed by atoms with Gasteiger partial charge in [0, 0.05) is 6.21 Å². The van der Waals surface area contributed by atoms with E-state index < -0.39 is 0 Å². The Morgan fingerprint density at radius 2 is 1.85 bits per heavy atom. The minimum absolute atomic E-state index is 0.0262. The molecule has 4 nitrogen and oxygen atoms in total. The van der Waals surface area contributed by atoms with Crippen LogP contribution in [-0.4, -0.2) is 34.7 Å². The molecule has 0 amide bonds. The van der Waals surface area contributed by atoms with Crippen molar-refractivity contribution in [1.82, 2.24) is 0 Å². The smallest absolute Gasteiger partial charge is 0.128 e. The monoisotopic (exact) mass is 181 g/mol. The summed E-state index contributed by atoms with van der Waals surface area (Å²) in [6.45, 7) is 0.207. The van der Waals surface area contributed by atoms with Crippen LogP contribution in [0.15, 0.2) is 23.2 Å². The first kappa shape index (κ1) is 9.54. The SMILES string of the molecule is OCC/N=C/c1c(O)cccc1O. The number of hydrogen-bond acceptors (Lipinski definition) is 4. The molecule has 0 heterocycles. The van der Waals surface area contributed by atoms with Crippen molar-refractivity contribution in [2.24, 2.45) is 4.99 Å². The number of aliphatic hydroxyl groups is 1. The highest BCUT2D eigenvalue weighted by Gasteiger charge is 2.02. The van der Waals surface area contributed by atoms with Gasteiger partial charge in [0.25, 0.3) is 0 Å². The standard InChI is InChI=1S/C9H11NO3/c11-5-4-10-6-7-8(12)2-1-3-9(7)13/h1-3,6,11-13H,4-5H2/b10-6+. The van der Waals surface area contributed by atoms with Gasteiger partial charge in [0.2, 0.25) is 0 Å². The number of aromatic hydroxyl groups is 2. The van der Waals surface area contributed by atoms with E-state index >= 15 is 0 Å². The lowest BCUT2D eigenvalue weighted by molar-refractivity contribution is 0.307. The molecule has 1 rings (SSSR count). The Labute approximate surface area is 75.8 Å². The van der Waals surface area contributed by atoms with E-state index in [-0.39, 0.29) is 30.2 Å². The van der Waals surface area contributed by atoms with E-state index in [1.165, 1.54) is 24.4 Å². The lowest BCUT2D eigenvalue weighted by Crippen LogP contribution is -1.90. The average Bonchev–Trinajstić information content (AvgIpc) is 2.10. The molecule has 0 unspecified atom stereocenters. The summed E-state index contributed by atoms with van der Waals surface area (Å²) in [5.74, 6) is -0.0524. The van der Waals surface area contributed by atoms with Crippen molar-refractivity contribution in [2.75, 3.05) is 13.2 Å². The van der Waals surface area contributed by atoms with Crippen LogP contribution in [0.1, 0.15) is 5.56 Å². The fourth-order valence-corrected chi connectivity index (χ4v) is 0.887. The number of rotatable bonds is 3. The number of nitrogens with zero attached hydrogens (tertiary/aromatic N) is 1. The number of benzene rings is 1. The van der Waals surface area contributed by atoms with Crippen molar-refractivity contribution in [3.05, 3.63) is 23.8 Å². The predicted molar refractivity (Wildman–Crippen MR) is 49.3 cm³/mol. The van der Waals surface area contributed by atoms with Gasteiger partial charge in [-0.25, -0.2) is 0 Å². The summed E-state index contributed by atoms with van der Waals surface area (Å²) in [4.78, 5) is 3.79. The first-order valence-electron chi connectivity index (χ1n) is 3.87. The molecule has 0 bridgehead atoms. The normalized spacial score (nSPS) is 10.8. The van der Waals surface area contributed by atoms with Crippen LogP contribution in [0.3, 0.4) is 0 Å². The van der Waals surface area contributed by atoms with Crippen molar-refractivity contribution in [1.29, 1.82) is 0 Å². The molecule has 0 aliphatic rings. The maximum atomic E-state index is 9.28. The molecule has 4 heteroatoms. The predicted octanol–water partition coefficient (Wildman–Crippen LogP) is 0.509. The third-order valence-corrected chi connectivity index (χ3v) is 1.51. The second-order valence-corrected chi connectivity index (χ2v) is 2.47. The van der Waals surface area contributed by atoms with E-state index in [1.807, 2.05) is 0 Å². The Balaban J connectivity index is 2.87. The number of aliphatic imine (C=N–C) groups is 1. The average molecular weight is 181 g/mol. The van der Waals surface area contributed by atoms with Crippen molar-refractivity contribution in [2.45, 2.75) is 0 Å². The van der Waals surface area contributed by atoms with Crippen molar-refractivity contribution >= 4 is 6.21 Å². The van der Waals surface area contributed by atoms with Crippen LogP contribution in [-0.2, 0) is 0 Å². The van der Waals surface area contributed by atoms with Gasteiger partial charge in [0.15, 0.2) is 0 Å². The topological polar surface area (TPSA) is 73.1 Å². The number of aliphatic hydroxyl groups excluding tert-OH is 1. The van der Waals surface area contributed by atoms with Gasteiger partial charge in [-0.3, -0.25) is 4.99 Å². The Morgan fingerprint density at radius 3 is 2.38 bits per heavy atom. The fraction of sp³-hybridized carbons (Fsp3) is 0.222. The van der Waals surface area contributed by atoms with Crippen molar-refractivity contribution < 1.29 is 15.3 Å². The zero-order valence-corrected chi connectivity index (χ0v) is 7.01. The summed E-state index contributed by atoms with van der Waals surface area (Å²) >= 11 is 0. The summed E-state index contributed by atoms with van der Waals surface area (Å²) in [5.41, 5.74) is 0.274. The van der Waals surface area contributed by atoms with Crippen LogP contribution in [0.5, 0.6) is 11.5 Å². The van der Waals surface area contributed by atoms with E-state index in [0.717, 1.165) is 0 Å². The maximum absolute atomic E-state index is 9.28. The summed E-state index contributed by atoms with van der Waals surface area (Å²) in [5, 5.41) is 27.0. The van der Waals surface area contributed by atoms with Crippen molar-refractivity contribution in [3.8, 4) is 11.5 Å². The molecule has 70 valence electrons. The van der Waals surface area contributed by atoms with Gasteiger partial charge < -0.3 is 15.3 Å². The summed E-state index contributed by atoms with van der Waals surface area (Å²) in [7, 11) is 0. The molecule has 0 fully saturated rings. The summed E-state index contributed by atoms with van der Waals surface area (Å²) in [6.07, 6.45) is 1.33. The highest BCUT2D eigenvalue weighted by molar-refractivity contribution is 5.86. The molecule has 0 aromatic heterocycles. The van der Waals surface area contributed by atoms with Crippen LogP contribution in [0.25, 0.3) is 0 Å². The van der Waals surface area contributed by atoms with Crippen LogP contribution in [0, 0.1) is 0 Å². The third-order valence-electron chi connectivity index (χ3n) is 1.51. The van der Waals surface area contributed by atoms with Gasteiger partial charge in [-0.05, 0) is 12.1 Å². The molecule has 13 heavy (non-hydrogen) atoms. The Bertz CT molecular complexity index is 289. The maximum Gasteiger partial charge on any atom is 0.128 e. The lowest BCUT2D eigenvalue weighted by Gasteiger charge is -2.00. The number of phenols is 2. The molecule has 3 N–H and O–H groups in total. The van der Waals surface area contributed by atoms with E-state index in [9.17, 15) is 10.2 Å². The fourth-order valence-electron chi connectivity index (χ4n) is 0.887. The molecular formula is C9H11NO3. The molecule has 0 radical (unpaired) electrons. The molecule has 0 aliphatic carbocycles. The van der Waals surface area contributed by atoms with Crippen molar-refractivity contribution in [3.63, 3.8) is 0 Å². The van der Waals surface area contributed by atoms with Crippen LogP contribution in [0.4, 0.5) is 0 Å². The van der Waals surface area contributed by atoms with Crippen LogP contribution >= 0.6 is 0 Å². The highest BCUT2D eigenvalue weighted by Crippen LogP contribution is 2.23. The largest absolute Gasteiger partial charge is 0.507 e. The van der Waals surface area contributed by atoms with Gasteiger partial charge in [0.05, 0.1) is 18.7 Å². The summed E-state index contributed by atoms with van der Waals surface area (Å²) < 4.78 is 0. The van der Waals surface area contributed by atoms with Crippen LogP contribution < -0.4 is 0 Å². The molecule has 1 aromatic carbocycles. The third kappa shape index (κ3) is 2.45. The van der Waals surface area contributed by atoms with E-state index in [1.54, 1.807) is 0 Å². The van der Waals surface area contributed by atoms with E-state index in [2.05, 4.69) is 4.99 Å². The Hall–Kier alpha value is -1.55. The Kier molecular flexibility index (Phi) is 3.28. The zero-order chi connectivity index (χ0) is 9.68. The minimum atomic E-state index is -0.0507. The first-order valence-corrected chi connectivity index (χ1v) is 3.87. The number of hydrogen-bond donors (Lipinski definition) is 3. The lowest BCUT2D eigenvalue weighted by atomic mass is 10.2. The molecule has 0 saturated heterocycles. The molecule has 1 aromatic rings.